The van der Waals surface area contributed by atoms with Gasteiger partial charge in [-0.15, -0.1) is 0 Å². The van der Waals surface area contributed by atoms with E-state index in [0.717, 1.165) is 12.5 Å². The summed E-state index contributed by atoms with van der Waals surface area (Å²) in [6.45, 7) is 1.37. The van der Waals surface area contributed by atoms with Crippen LogP contribution in [0.1, 0.15) is 35.2 Å². The van der Waals surface area contributed by atoms with Crippen molar-refractivity contribution in [3.8, 4) is 0 Å². The van der Waals surface area contributed by atoms with Crippen molar-refractivity contribution in [3.05, 3.63) is 58.1 Å². The number of aliphatic hydroxyl groups is 1. The van der Waals surface area contributed by atoms with Gasteiger partial charge in [-0.1, -0.05) is 11.6 Å². The average molecular weight is 456 g/mol. The molecular weight excluding hydrogens is 436 g/mol. The standard InChI is InChI=1S/C21H20ClF2NO4S/c1-10-6-13(9-16(23)19(10)24)25-21(27)12-3-5-15(22)18(8-12)30(28,29)20-11-2-4-14(20)17(26)7-11/h3,5-6,8-9,11,14,17,20,26H,2,4,7H2,1H3,(H,25,27)/t11?,14?,17-,20+/m0/s1. The van der Waals surface area contributed by atoms with Crippen molar-refractivity contribution in [3.63, 3.8) is 0 Å². The number of aliphatic hydroxyl groups excluding tert-OH is 1. The van der Waals surface area contributed by atoms with E-state index in [4.69, 9.17) is 11.6 Å². The Morgan fingerprint density at radius 3 is 2.53 bits per heavy atom. The Bertz CT molecular complexity index is 1110. The summed E-state index contributed by atoms with van der Waals surface area (Å²) in [5, 5.41) is 11.8. The second kappa shape index (κ2) is 7.59. The predicted molar refractivity (Wildman–Crippen MR) is 108 cm³/mol. The van der Waals surface area contributed by atoms with Crippen molar-refractivity contribution in [1.82, 2.24) is 0 Å². The van der Waals surface area contributed by atoms with Gasteiger partial charge in [0.2, 0.25) is 0 Å². The smallest absolute Gasteiger partial charge is 0.255 e. The normalized spacial score (nSPS) is 25.5. The van der Waals surface area contributed by atoms with E-state index in [9.17, 15) is 27.1 Å². The number of aryl methyl sites for hydroxylation is 1. The van der Waals surface area contributed by atoms with E-state index in [0.29, 0.717) is 12.8 Å². The minimum atomic E-state index is -3.87. The Morgan fingerprint density at radius 2 is 1.93 bits per heavy atom. The summed E-state index contributed by atoms with van der Waals surface area (Å²) >= 11 is 6.17. The highest BCUT2D eigenvalue weighted by molar-refractivity contribution is 7.92. The molecule has 2 fully saturated rings. The van der Waals surface area contributed by atoms with Gasteiger partial charge in [0, 0.05) is 23.2 Å². The second-order valence-electron chi connectivity index (χ2n) is 8.00. The summed E-state index contributed by atoms with van der Waals surface area (Å²) in [6, 6.07) is 6.02. The van der Waals surface area contributed by atoms with Gasteiger partial charge in [0.25, 0.3) is 5.91 Å². The molecule has 4 rings (SSSR count). The Labute approximate surface area is 178 Å². The van der Waals surface area contributed by atoms with Gasteiger partial charge in [-0.2, -0.15) is 0 Å². The lowest BCUT2D eigenvalue weighted by atomic mass is 9.98. The maximum absolute atomic E-state index is 13.6. The van der Waals surface area contributed by atoms with Crippen molar-refractivity contribution in [2.24, 2.45) is 11.8 Å². The van der Waals surface area contributed by atoms with Crippen molar-refractivity contribution in [2.45, 2.75) is 42.4 Å². The molecule has 9 heteroatoms. The number of anilines is 1. The van der Waals surface area contributed by atoms with Crippen LogP contribution in [0.5, 0.6) is 0 Å². The predicted octanol–water partition coefficient (Wildman–Crippen LogP) is 4.11. The van der Waals surface area contributed by atoms with Crippen LogP contribution in [0.25, 0.3) is 0 Å². The third-order valence-electron chi connectivity index (χ3n) is 6.12. The lowest BCUT2D eigenvalue weighted by Gasteiger charge is -2.19. The van der Waals surface area contributed by atoms with Crippen LogP contribution in [0.4, 0.5) is 14.5 Å². The Balaban J connectivity index is 1.64. The zero-order valence-corrected chi connectivity index (χ0v) is 17.6. The molecule has 2 aliphatic rings. The molecule has 0 spiro atoms. The minimum absolute atomic E-state index is 0.00369. The molecular formula is C21H20ClF2NO4S. The van der Waals surface area contributed by atoms with Crippen molar-refractivity contribution in [1.29, 1.82) is 0 Å². The van der Waals surface area contributed by atoms with Crippen molar-refractivity contribution >= 4 is 33.0 Å². The summed E-state index contributed by atoms with van der Waals surface area (Å²) in [4.78, 5) is 12.5. The molecule has 1 amide bonds. The first kappa shape index (κ1) is 21.2. The summed E-state index contributed by atoms with van der Waals surface area (Å²) in [7, 11) is -3.87. The van der Waals surface area contributed by atoms with Crippen LogP contribution >= 0.6 is 11.6 Å². The summed E-state index contributed by atoms with van der Waals surface area (Å²) in [6.07, 6.45) is 1.18. The first-order valence-electron chi connectivity index (χ1n) is 9.58. The highest BCUT2D eigenvalue weighted by Crippen LogP contribution is 2.50. The molecule has 2 N–H and O–H groups in total. The fourth-order valence-corrected chi connectivity index (χ4v) is 7.62. The van der Waals surface area contributed by atoms with E-state index in [1.165, 1.54) is 31.2 Å². The van der Waals surface area contributed by atoms with E-state index in [-0.39, 0.29) is 38.6 Å². The molecule has 2 aromatic rings. The van der Waals surface area contributed by atoms with Gasteiger partial charge in [-0.05, 0) is 61.9 Å². The lowest BCUT2D eigenvalue weighted by Crippen LogP contribution is -2.29. The molecule has 0 heterocycles. The Hall–Kier alpha value is -2.03. The molecule has 2 saturated carbocycles. The van der Waals surface area contributed by atoms with Gasteiger partial charge >= 0.3 is 0 Å². The number of carbonyl (C=O) groups excluding carboxylic acids is 1. The number of hydrogen-bond acceptors (Lipinski definition) is 4. The van der Waals surface area contributed by atoms with E-state index in [2.05, 4.69) is 5.32 Å². The van der Waals surface area contributed by atoms with Crippen LogP contribution in [0.15, 0.2) is 35.2 Å². The molecule has 0 aromatic heterocycles. The zero-order chi connectivity index (χ0) is 21.8. The van der Waals surface area contributed by atoms with Crippen molar-refractivity contribution < 1.29 is 27.1 Å². The highest BCUT2D eigenvalue weighted by Gasteiger charge is 2.54. The number of benzene rings is 2. The van der Waals surface area contributed by atoms with Gasteiger partial charge < -0.3 is 10.4 Å². The molecule has 4 atom stereocenters. The van der Waals surface area contributed by atoms with Gasteiger partial charge in [0.05, 0.1) is 21.3 Å². The van der Waals surface area contributed by atoms with E-state index in [1.807, 2.05) is 0 Å². The number of amides is 1. The van der Waals surface area contributed by atoms with Crippen LogP contribution in [-0.4, -0.2) is 30.8 Å². The summed E-state index contributed by atoms with van der Waals surface area (Å²) < 4.78 is 53.7. The molecule has 2 unspecified atom stereocenters. The first-order chi connectivity index (χ1) is 14.1. The molecule has 0 radical (unpaired) electrons. The van der Waals surface area contributed by atoms with E-state index >= 15 is 0 Å². The number of rotatable bonds is 4. The molecule has 30 heavy (non-hydrogen) atoms. The monoisotopic (exact) mass is 455 g/mol. The van der Waals surface area contributed by atoms with Crippen LogP contribution in [0.3, 0.4) is 0 Å². The van der Waals surface area contributed by atoms with Crippen LogP contribution < -0.4 is 5.32 Å². The number of sulfone groups is 1. The number of nitrogens with one attached hydrogen (secondary N) is 1. The van der Waals surface area contributed by atoms with Crippen LogP contribution in [0.2, 0.25) is 5.02 Å². The Morgan fingerprint density at radius 1 is 1.20 bits per heavy atom. The number of halogens is 3. The molecule has 2 aliphatic carbocycles. The minimum Gasteiger partial charge on any atom is -0.393 e. The Kier molecular flexibility index (Phi) is 5.36. The topological polar surface area (TPSA) is 83.5 Å². The van der Waals surface area contributed by atoms with Gasteiger partial charge in [0.15, 0.2) is 21.5 Å². The third kappa shape index (κ3) is 3.50. The van der Waals surface area contributed by atoms with Crippen molar-refractivity contribution in [2.75, 3.05) is 5.32 Å². The van der Waals surface area contributed by atoms with Gasteiger partial charge in [-0.25, -0.2) is 17.2 Å². The summed E-state index contributed by atoms with van der Waals surface area (Å²) in [5.41, 5.74) is 0.0962. The number of hydrogen-bond donors (Lipinski definition) is 2. The fourth-order valence-electron chi connectivity index (χ4n) is 4.73. The maximum Gasteiger partial charge on any atom is 0.255 e. The molecule has 0 aliphatic heterocycles. The van der Waals surface area contributed by atoms with E-state index in [1.54, 1.807) is 0 Å². The second-order valence-corrected chi connectivity index (χ2v) is 10.5. The first-order valence-corrected chi connectivity index (χ1v) is 11.5. The molecule has 0 saturated heterocycles. The largest absolute Gasteiger partial charge is 0.393 e. The molecule has 2 aromatic carbocycles. The van der Waals surface area contributed by atoms with Gasteiger partial charge in [0.1, 0.15) is 0 Å². The zero-order valence-electron chi connectivity index (χ0n) is 16.0. The number of carbonyl (C=O) groups is 1. The quantitative estimate of drug-likeness (QED) is 0.726. The van der Waals surface area contributed by atoms with Crippen LogP contribution in [0, 0.1) is 30.4 Å². The average Bonchev–Trinajstić information content (AvgIpc) is 3.24. The lowest BCUT2D eigenvalue weighted by molar-refractivity contribution is 0.102. The molecule has 5 nitrogen and oxygen atoms in total. The molecule has 160 valence electrons. The molecule has 2 bridgehead atoms. The number of fused-ring (bicyclic) bond motifs is 2. The summed E-state index contributed by atoms with van der Waals surface area (Å²) in [5.74, 6) is -3.24. The van der Waals surface area contributed by atoms with Crippen LogP contribution in [-0.2, 0) is 9.84 Å². The van der Waals surface area contributed by atoms with Gasteiger partial charge in [-0.3, -0.25) is 4.79 Å². The highest BCUT2D eigenvalue weighted by atomic mass is 35.5. The third-order valence-corrected chi connectivity index (χ3v) is 8.97. The SMILES string of the molecule is Cc1cc(NC(=O)c2ccc(Cl)c(S(=O)(=O)[C@@H]3C4CCC3[C@@H](O)C4)c2)cc(F)c1F. The maximum atomic E-state index is 13.6. The fraction of sp³-hybridized carbons (Fsp3) is 0.381. The van der Waals surface area contributed by atoms with E-state index < -0.39 is 38.7 Å².